The van der Waals surface area contributed by atoms with Gasteiger partial charge in [0.2, 0.25) is 0 Å². The molecule has 0 fully saturated rings. The molecule has 0 spiro atoms. The first kappa shape index (κ1) is 11.5. The fourth-order valence-corrected chi connectivity index (χ4v) is 3.25. The molecule has 0 bridgehead atoms. The fourth-order valence-electron chi connectivity index (χ4n) is 1.13. The Bertz CT molecular complexity index is 493. The van der Waals surface area contributed by atoms with Gasteiger partial charge in [-0.2, -0.15) is 0 Å². The summed E-state index contributed by atoms with van der Waals surface area (Å²) in [6.07, 6.45) is 1.43. The summed E-state index contributed by atoms with van der Waals surface area (Å²) in [5.41, 5.74) is 0. The largest absolute Gasteiger partial charge is 0.411 e. The molecular weight excluding hydrogens is 262 g/mol. The summed E-state index contributed by atoms with van der Waals surface area (Å²) >= 11 is 9.04. The molecule has 1 heterocycles. The molecule has 1 N–H and O–H groups in total. The van der Waals surface area contributed by atoms with Crippen LogP contribution in [0.2, 0.25) is 5.02 Å². The molecule has 1 aromatic heterocycles. The third kappa shape index (κ3) is 3.01. The molecule has 2 nitrogen and oxygen atoms in total. The molecule has 0 saturated heterocycles. The van der Waals surface area contributed by atoms with E-state index in [0.717, 1.165) is 19.0 Å². The van der Waals surface area contributed by atoms with Crippen molar-refractivity contribution < 1.29 is 5.21 Å². The smallest absolute Gasteiger partial charge is 0.0833 e. The van der Waals surface area contributed by atoms with E-state index in [9.17, 15) is 0 Å². The first-order chi connectivity index (χ1) is 7.78. The van der Waals surface area contributed by atoms with Crippen molar-refractivity contribution in [3.05, 3.63) is 46.3 Å². The minimum absolute atomic E-state index is 0.739. The highest BCUT2D eigenvalue weighted by Crippen LogP contribution is 2.33. The summed E-state index contributed by atoms with van der Waals surface area (Å²) < 4.78 is 1.15. The van der Waals surface area contributed by atoms with Crippen molar-refractivity contribution >= 4 is 40.9 Å². The van der Waals surface area contributed by atoms with Gasteiger partial charge in [-0.05, 0) is 36.4 Å². The Kier molecular flexibility index (Phi) is 3.88. The van der Waals surface area contributed by atoms with Crippen molar-refractivity contribution in [2.45, 2.75) is 9.10 Å². The molecule has 0 saturated carbocycles. The normalized spacial score (nSPS) is 11.1. The average molecular weight is 270 g/mol. The van der Waals surface area contributed by atoms with E-state index in [0.29, 0.717) is 0 Å². The van der Waals surface area contributed by atoms with Gasteiger partial charge >= 0.3 is 0 Å². The predicted octanol–water partition coefficient (Wildman–Crippen LogP) is 4.36. The molecule has 0 aliphatic rings. The Hall–Kier alpha value is -0.970. The second kappa shape index (κ2) is 5.39. The van der Waals surface area contributed by atoms with Crippen molar-refractivity contribution in [3.8, 4) is 0 Å². The van der Waals surface area contributed by atoms with Gasteiger partial charge in [-0.15, -0.1) is 11.3 Å². The van der Waals surface area contributed by atoms with Crippen LogP contribution in [-0.2, 0) is 0 Å². The zero-order valence-corrected chi connectivity index (χ0v) is 10.5. The van der Waals surface area contributed by atoms with Crippen LogP contribution in [0.15, 0.2) is 50.7 Å². The van der Waals surface area contributed by atoms with Crippen molar-refractivity contribution in [2.24, 2.45) is 5.16 Å². The Morgan fingerprint density at radius 2 is 1.94 bits per heavy atom. The number of nitrogens with zero attached hydrogens (tertiary/aromatic N) is 1. The van der Waals surface area contributed by atoms with Crippen LogP contribution in [0.1, 0.15) is 4.88 Å². The van der Waals surface area contributed by atoms with Crippen LogP contribution in [-0.4, -0.2) is 11.4 Å². The maximum atomic E-state index is 8.40. The Labute approximate surface area is 107 Å². The molecule has 16 heavy (non-hydrogen) atoms. The molecule has 0 unspecified atom stereocenters. The van der Waals surface area contributed by atoms with Crippen LogP contribution in [0.4, 0.5) is 0 Å². The quantitative estimate of drug-likeness (QED) is 0.510. The van der Waals surface area contributed by atoms with Crippen LogP contribution >= 0.6 is 34.7 Å². The SMILES string of the molecule is O/N=C/c1ccc(Sc2ccc(Cl)cc2)s1. The highest BCUT2D eigenvalue weighted by molar-refractivity contribution is 8.01. The minimum atomic E-state index is 0.739. The molecule has 0 aliphatic carbocycles. The lowest BCUT2D eigenvalue weighted by molar-refractivity contribution is 0.322. The van der Waals surface area contributed by atoms with Crippen LogP contribution in [0.3, 0.4) is 0 Å². The summed E-state index contributed by atoms with van der Waals surface area (Å²) in [7, 11) is 0. The molecule has 0 aliphatic heterocycles. The van der Waals surface area contributed by atoms with Crippen LogP contribution in [0.25, 0.3) is 0 Å². The summed E-state index contributed by atoms with van der Waals surface area (Å²) in [6.45, 7) is 0. The topological polar surface area (TPSA) is 32.6 Å². The van der Waals surface area contributed by atoms with E-state index >= 15 is 0 Å². The maximum Gasteiger partial charge on any atom is 0.0833 e. The van der Waals surface area contributed by atoms with E-state index in [1.54, 1.807) is 23.1 Å². The van der Waals surface area contributed by atoms with E-state index in [2.05, 4.69) is 5.16 Å². The number of rotatable bonds is 3. The van der Waals surface area contributed by atoms with Crippen molar-refractivity contribution in [2.75, 3.05) is 0 Å². The minimum Gasteiger partial charge on any atom is -0.411 e. The molecule has 2 rings (SSSR count). The molecule has 0 atom stereocenters. The summed E-state index contributed by atoms with van der Waals surface area (Å²) in [4.78, 5) is 2.07. The van der Waals surface area contributed by atoms with Gasteiger partial charge in [0.25, 0.3) is 0 Å². The van der Waals surface area contributed by atoms with Gasteiger partial charge in [0.15, 0.2) is 0 Å². The number of oxime groups is 1. The Morgan fingerprint density at radius 3 is 2.62 bits per heavy atom. The van der Waals surface area contributed by atoms with Crippen molar-refractivity contribution in [1.82, 2.24) is 0 Å². The third-order valence-corrected chi connectivity index (χ3v) is 4.23. The fraction of sp³-hybridized carbons (Fsp3) is 0. The molecule has 1 aromatic carbocycles. The van der Waals surface area contributed by atoms with Gasteiger partial charge in [0.05, 0.1) is 10.4 Å². The van der Waals surface area contributed by atoms with Crippen LogP contribution in [0, 0.1) is 0 Å². The standard InChI is InChI=1S/C11H8ClNOS2/c12-8-1-3-9(4-2-8)15-11-6-5-10(16-11)7-13-14/h1-7,14H/b13-7+. The highest BCUT2D eigenvalue weighted by Gasteiger charge is 2.01. The maximum absolute atomic E-state index is 8.40. The second-order valence-electron chi connectivity index (χ2n) is 2.96. The van der Waals surface area contributed by atoms with Crippen LogP contribution in [0.5, 0.6) is 0 Å². The zero-order chi connectivity index (χ0) is 11.4. The third-order valence-electron chi connectivity index (χ3n) is 1.82. The number of hydrogen-bond acceptors (Lipinski definition) is 4. The van der Waals surface area contributed by atoms with E-state index in [4.69, 9.17) is 16.8 Å². The van der Waals surface area contributed by atoms with E-state index < -0.39 is 0 Å². The first-order valence-electron chi connectivity index (χ1n) is 4.48. The first-order valence-corrected chi connectivity index (χ1v) is 6.50. The lowest BCUT2D eigenvalue weighted by Crippen LogP contribution is -1.69. The average Bonchev–Trinajstić information content (AvgIpc) is 2.70. The van der Waals surface area contributed by atoms with Crippen molar-refractivity contribution in [3.63, 3.8) is 0 Å². The van der Waals surface area contributed by atoms with E-state index in [-0.39, 0.29) is 0 Å². The second-order valence-corrected chi connectivity index (χ2v) is 5.88. The van der Waals surface area contributed by atoms with Gasteiger partial charge < -0.3 is 5.21 Å². The van der Waals surface area contributed by atoms with Crippen molar-refractivity contribution in [1.29, 1.82) is 0 Å². The van der Waals surface area contributed by atoms with Gasteiger partial charge in [-0.3, -0.25) is 0 Å². The summed E-state index contributed by atoms with van der Waals surface area (Å²) in [5, 5.41) is 12.1. The lowest BCUT2D eigenvalue weighted by Gasteiger charge is -1.97. The predicted molar refractivity (Wildman–Crippen MR) is 69.3 cm³/mol. The van der Waals surface area contributed by atoms with Gasteiger partial charge in [0, 0.05) is 14.8 Å². The molecular formula is C11H8ClNOS2. The molecule has 0 amide bonds. The molecule has 82 valence electrons. The van der Waals surface area contributed by atoms with Crippen LogP contribution < -0.4 is 0 Å². The molecule has 0 radical (unpaired) electrons. The zero-order valence-electron chi connectivity index (χ0n) is 8.13. The Balaban J connectivity index is 2.11. The van der Waals surface area contributed by atoms with Gasteiger partial charge in [-0.25, -0.2) is 0 Å². The van der Waals surface area contributed by atoms with Gasteiger partial charge in [-0.1, -0.05) is 28.5 Å². The summed E-state index contributed by atoms with van der Waals surface area (Å²) in [6, 6.07) is 11.6. The number of thiophene rings is 1. The molecule has 2 aromatic rings. The Morgan fingerprint density at radius 1 is 1.19 bits per heavy atom. The molecule has 5 heteroatoms. The summed E-state index contributed by atoms with van der Waals surface area (Å²) in [5.74, 6) is 0. The van der Waals surface area contributed by atoms with E-state index in [1.807, 2.05) is 36.4 Å². The highest BCUT2D eigenvalue weighted by atomic mass is 35.5. The van der Waals surface area contributed by atoms with E-state index in [1.165, 1.54) is 6.21 Å². The number of halogens is 1. The lowest BCUT2D eigenvalue weighted by atomic mass is 10.4. The number of hydrogen-bond donors (Lipinski definition) is 1. The number of benzene rings is 1. The van der Waals surface area contributed by atoms with Gasteiger partial charge in [0.1, 0.15) is 0 Å². The monoisotopic (exact) mass is 269 g/mol.